The summed E-state index contributed by atoms with van der Waals surface area (Å²) in [6.45, 7) is 1.93. The summed E-state index contributed by atoms with van der Waals surface area (Å²) in [6.07, 6.45) is 1.55. The average molecular weight is 391 g/mol. The lowest BCUT2D eigenvalue weighted by Crippen LogP contribution is -2.48. The summed E-state index contributed by atoms with van der Waals surface area (Å²) >= 11 is 6.03. The minimum atomic E-state index is -3.78. The summed E-state index contributed by atoms with van der Waals surface area (Å²) in [5.41, 5.74) is -2.00. The molecule has 1 amide bonds. The molecular weight excluding hydrogens is 372 g/mol. The fourth-order valence-corrected chi connectivity index (χ4v) is 4.39. The van der Waals surface area contributed by atoms with E-state index in [0.717, 1.165) is 26.9 Å². The Balaban J connectivity index is 2.33. The summed E-state index contributed by atoms with van der Waals surface area (Å²) in [7, 11) is -2.69. The van der Waals surface area contributed by atoms with Gasteiger partial charge in [0, 0.05) is 25.9 Å². The quantitative estimate of drug-likeness (QED) is 0.712. The molecule has 1 atom stereocenters. The van der Waals surface area contributed by atoms with Gasteiger partial charge >= 0.3 is 5.97 Å². The number of carboxylic acids is 1. The number of benzene rings is 1. The van der Waals surface area contributed by atoms with Gasteiger partial charge in [-0.05, 0) is 38.0 Å². The molecule has 25 heavy (non-hydrogen) atoms. The van der Waals surface area contributed by atoms with E-state index in [9.17, 15) is 18.0 Å². The second-order valence-corrected chi connectivity index (χ2v) is 8.07. The molecule has 10 heteroatoms. The first-order valence-electron chi connectivity index (χ1n) is 7.52. The van der Waals surface area contributed by atoms with Crippen LogP contribution in [0.5, 0.6) is 0 Å². The second kappa shape index (κ2) is 7.28. The molecule has 1 heterocycles. The molecule has 1 aliphatic heterocycles. The Morgan fingerprint density at radius 3 is 2.44 bits per heavy atom. The number of methoxy groups -OCH3 is 1. The van der Waals surface area contributed by atoms with E-state index in [1.54, 1.807) is 0 Å². The molecule has 1 aliphatic rings. The Bertz CT molecular complexity index is 791. The molecule has 138 valence electrons. The van der Waals surface area contributed by atoms with Gasteiger partial charge in [0.15, 0.2) is 0 Å². The molecule has 8 nitrogen and oxygen atoms in total. The van der Waals surface area contributed by atoms with E-state index in [0.29, 0.717) is 13.1 Å². The number of carbonyl (C=O) groups excluding carboxylic acids is 1. The number of halogens is 1. The van der Waals surface area contributed by atoms with Crippen molar-refractivity contribution in [3.8, 4) is 0 Å². The minimum Gasteiger partial charge on any atom is -0.479 e. The van der Waals surface area contributed by atoms with Crippen molar-refractivity contribution in [2.24, 2.45) is 0 Å². The van der Waals surface area contributed by atoms with E-state index < -0.39 is 27.5 Å². The number of sulfonamides is 1. The maximum Gasteiger partial charge on any atom is 0.345 e. The number of nitrogens with one attached hydrogen (secondary N) is 1. The summed E-state index contributed by atoms with van der Waals surface area (Å²) in [6, 6.07) is 3.94. The summed E-state index contributed by atoms with van der Waals surface area (Å²) in [4.78, 5) is 23.3. The largest absolute Gasteiger partial charge is 0.479 e. The van der Waals surface area contributed by atoms with E-state index in [1.165, 1.54) is 22.5 Å². The van der Waals surface area contributed by atoms with Crippen molar-refractivity contribution in [2.75, 3.05) is 25.5 Å². The van der Waals surface area contributed by atoms with Gasteiger partial charge in [-0.2, -0.15) is 4.31 Å². The van der Waals surface area contributed by atoms with Crippen molar-refractivity contribution < 1.29 is 27.9 Å². The predicted octanol–water partition coefficient (Wildman–Crippen LogP) is 1.55. The number of ether oxygens (including phenoxy) is 1. The van der Waals surface area contributed by atoms with Crippen molar-refractivity contribution in [1.82, 2.24) is 4.31 Å². The highest BCUT2D eigenvalue weighted by Crippen LogP contribution is 2.30. The minimum absolute atomic E-state index is 0.0256. The molecule has 0 aromatic heterocycles. The van der Waals surface area contributed by atoms with Gasteiger partial charge in [-0.1, -0.05) is 11.6 Å². The number of rotatable bonds is 6. The van der Waals surface area contributed by atoms with Crippen LogP contribution in [-0.2, 0) is 24.3 Å². The third kappa shape index (κ3) is 3.79. The molecule has 1 saturated heterocycles. The number of aliphatic carboxylic acids is 1. The maximum absolute atomic E-state index is 12.7. The van der Waals surface area contributed by atoms with Gasteiger partial charge in [-0.3, -0.25) is 4.79 Å². The lowest BCUT2D eigenvalue weighted by molar-refractivity contribution is -0.165. The van der Waals surface area contributed by atoms with Crippen LogP contribution in [0.4, 0.5) is 5.69 Å². The Morgan fingerprint density at radius 1 is 1.32 bits per heavy atom. The molecule has 2 rings (SSSR count). The molecule has 0 aliphatic carbocycles. The van der Waals surface area contributed by atoms with Crippen molar-refractivity contribution >= 4 is 39.2 Å². The highest BCUT2D eigenvalue weighted by molar-refractivity contribution is 7.89. The number of carboxylic acid groups (broad SMARTS) is 1. The molecule has 1 unspecified atom stereocenters. The van der Waals surface area contributed by atoms with Crippen molar-refractivity contribution in [3.63, 3.8) is 0 Å². The molecular formula is C15H19ClN2O6S. The van der Waals surface area contributed by atoms with Crippen molar-refractivity contribution in [3.05, 3.63) is 23.2 Å². The number of nitrogens with zero attached hydrogens (tertiary/aromatic N) is 1. The van der Waals surface area contributed by atoms with E-state index in [4.69, 9.17) is 21.4 Å². The lowest BCUT2D eigenvalue weighted by Gasteiger charge is -2.22. The van der Waals surface area contributed by atoms with Gasteiger partial charge in [0.25, 0.3) is 5.91 Å². The Morgan fingerprint density at radius 2 is 1.92 bits per heavy atom. The molecule has 2 N–H and O–H groups in total. The Hall–Kier alpha value is -1.68. The van der Waals surface area contributed by atoms with Crippen LogP contribution < -0.4 is 5.32 Å². The van der Waals surface area contributed by atoms with E-state index in [1.807, 2.05) is 0 Å². The van der Waals surface area contributed by atoms with Crippen molar-refractivity contribution in [1.29, 1.82) is 0 Å². The zero-order valence-corrected chi connectivity index (χ0v) is 15.4. The Labute approximate surface area is 150 Å². The topological polar surface area (TPSA) is 113 Å². The third-order valence-electron chi connectivity index (χ3n) is 4.12. The zero-order chi connectivity index (χ0) is 18.8. The first kappa shape index (κ1) is 19.6. The summed E-state index contributed by atoms with van der Waals surface area (Å²) in [5, 5.41) is 11.5. The van der Waals surface area contributed by atoms with Gasteiger partial charge in [0.1, 0.15) is 4.90 Å². The number of amides is 1. The highest BCUT2D eigenvalue weighted by atomic mass is 35.5. The fourth-order valence-electron chi connectivity index (χ4n) is 2.37. The third-order valence-corrected chi connectivity index (χ3v) is 6.50. The number of carbonyl (C=O) groups is 2. The summed E-state index contributed by atoms with van der Waals surface area (Å²) in [5.74, 6) is -2.40. The molecule has 0 saturated carbocycles. The van der Waals surface area contributed by atoms with E-state index >= 15 is 0 Å². The van der Waals surface area contributed by atoms with Crippen LogP contribution in [0.25, 0.3) is 0 Å². The van der Waals surface area contributed by atoms with Crippen LogP contribution in [0.2, 0.25) is 5.02 Å². The normalized spacial score (nSPS) is 17.9. The van der Waals surface area contributed by atoms with Crippen LogP contribution in [0.3, 0.4) is 0 Å². The standard InChI is InChI=1S/C15H19ClN2O6S/c1-15(24-2,14(20)21)13(19)17-10-5-6-11(16)12(9-10)25(22,23)18-7-3-4-8-18/h5-6,9H,3-4,7-8H2,1-2H3,(H,17,19)(H,20,21). The van der Waals surface area contributed by atoms with Crippen LogP contribution in [-0.4, -0.2) is 55.5 Å². The van der Waals surface area contributed by atoms with Gasteiger partial charge in [0.05, 0.1) is 5.02 Å². The van der Waals surface area contributed by atoms with Gasteiger partial charge in [0.2, 0.25) is 15.6 Å². The maximum atomic E-state index is 12.7. The molecule has 0 radical (unpaired) electrons. The second-order valence-electron chi connectivity index (χ2n) is 5.75. The number of hydrogen-bond acceptors (Lipinski definition) is 5. The molecule has 1 aromatic rings. The number of anilines is 1. The lowest BCUT2D eigenvalue weighted by atomic mass is 10.1. The van der Waals surface area contributed by atoms with Crippen LogP contribution in [0, 0.1) is 0 Å². The predicted molar refractivity (Wildman–Crippen MR) is 91.1 cm³/mol. The molecule has 0 bridgehead atoms. The molecule has 1 aromatic carbocycles. The van der Waals surface area contributed by atoms with Crippen LogP contribution >= 0.6 is 11.6 Å². The fraction of sp³-hybridized carbons (Fsp3) is 0.467. The van der Waals surface area contributed by atoms with E-state index in [-0.39, 0.29) is 15.6 Å². The van der Waals surface area contributed by atoms with E-state index in [2.05, 4.69) is 5.32 Å². The smallest absolute Gasteiger partial charge is 0.345 e. The monoisotopic (exact) mass is 390 g/mol. The van der Waals surface area contributed by atoms with Crippen LogP contribution in [0.15, 0.2) is 23.1 Å². The van der Waals surface area contributed by atoms with Gasteiger partial charge in [-0.15, -0.1) is 0 Å². The Kier molecular flexibility index (Phi) is 5.72. The first-order valence-corrected chi connectivity index (χ1v) is 9.34. The van der Waals surface area contributed by atoms with Crippen LogP contribution in [0.1, 0.15) is 19.8 Å². The first-order chi connectivity index (χ1) is 11.6. The van der Waals surface area contributed by atoms with Gasteiger partial charge < -0.3 is 15.2 Å². The SMILES string of the molecule is COC(C)(C(=O)O)C(=O)Nc1ccc(Cl)c(S(=O)(=O)N2CCCC2)c1. The number of hydrogen-bond donors (Lipinski definition) is 2. The van der Waals surface area contributed by atoms with Crippen molar-refractivity contribution in [2.45, 2.75) is 30.3 Å². The molecule has 1 fully saturated rings. The average Bonchev–Trinajstić information content (AvgIpc) is 3.10. The molecule has 0 spiro atoms. The zero-order valence-electron chi connectivity index (χ0n) is 13.8. The summed E-state index contributed by atoms with van der Waals surface area (Å²) < 4.78 is 31.4. The highest BCUT2D eigenvalue weighted by Gasteiger charge is 2.42. The van der Waals surface area contributed by atoms with Gasteiger partial charge in [-0.25, -0.2) is 13.2 Å².